The normalized spacial score (nSPS) is 10.6. The van der Waals surface area contributed by atoms with Crippen molar-refractivity contribution in [3.05, 3.63) is 82.5 Å². The SMILES string of the molecule is COCc1cccc(CNC(=O)c2ccc(-c3ccc(F)cc3)s2)c1. The number of halogens is 1. The maximum absolute atomic E-state index is 13.0. The van der Waals surface area contributed by atoms with Crippen molar-refractivity contribution in [2.24, 2.45) is 0 Å². The number of methoxy groups -OCH3 is 1. The monoisotopic (exact) mass is 355 g/mol. The zero-order valence-corrected chi connectivity index (χ0v) is 14.6. The van der Waals surface area contributed by atoms with Gasteiger partial charge >= 0.3 is 0 Å². The van der Waals surface area contributed by atoms with Crippen LogP contribution in [0.15, 0.2) is 60.7 Å². The molecular formula is C20H18FNO2S. The van der Waals surface area contributed by atoms with Crippen LogP contribution in [-0.4, -0.2) is 13.0 Å². The van der Waals surface area contributed by atoms with Gasteiger partial charge in [0.15, 0.2) is 0 Å². The van der Waals surface area contributed by atoms with Crippen molar-refractivity contribution in [3.8, 4) is 10.4 Å². The van der Waals surface area contributed by atoms with Crippen molar-refractivity contribution in [1.82, 2.24) is 5.32 Å². The fourth-order valence-electron chi connectivity index (χ4n) is 2.49. The Morgan fingerprint density at radius 3 is 2.60 bits per heavy atom. The zero-order chi connectivity index (χ0) is 17.6. The predicted molar refractivity (Wildman–Crippen MR) is 98.0 cm³/mol. The third kappa shape index (κ3) is 4.53. The second kappa shape index (κ2) is 8.05. The van der Waals surface area contributed by atoms with Gasteiger partial charge in [-0.3, -0.25) is 4.79 Å². The van der Waals surface area contributed by atoms with Crippen molar-refractivity contribution in [3.63, 3.8) is 0 Å². The molecule has 0 bridgehead atoms. The first-order valence-corrected chi connectivity index (χ1v) is 8.68. The van der Waals surface area contributed by atoms with Crippen LogP contribution in [0.4, 0.5) is 4.39 Å². The van der Waals surface area contributed by atoms with E-state index in [9.17, 15) is 9.18 Å². The third-order valence-electron chi connectivity index (χ3n) is 3.71. The third-order valence-corrected chi connectivity index (χ3v) is 4.85. The molecule has 128 valence electrons. The maximum atomic E-state index is 13.0. The summed E-state index contributed by atoms with van der Waals surface area (Å²) in [6.45, 7) is 1.01. The Bertz CT molecular complexity index is 858. The Kier molecular flexibility index (Phi) is 5.58. The summed E-state index contributed by atoms with van der Waals surface area (Å²) in [5.74, 6) is -0.385. The lowest BCUT2D eigenvalue weighted by Crippen LogP contribution is -2.21. The lowest BCUT2D eigenvalue weighted by Gasteiger charge is -2.06. The number of hydrogen-bond acceptors (Lipinski definition) is 3. The molecule has 25 heavy (non-hydrogen) atoms. The summed E-state index contributed by atoms with van der Waals surface area (Å²) >= 11 is 1.39. The molecule has 1 amide bonds. The van der Waals surface area contributed by atoms with E-state index < -0.39 is 0 Å². The highest BCUT2D eigenvalue weighted by Gasteiger charge is 2.10. The summed E-state index contributed by atoms with van der Waals surface area (Å²) in [5, 5.41) is 2.93. The number of carbonyl (C=O) groups is 1. The van der Waals surface area contributed by atoms with E-state index in [2.05, 4.69) is 5.32 Å². The molecule has 0 aliphatic rings. The van der Waals surface area contributed by atoms with E-state index in [4.69, 9.17) is 4.74 Å². The van der Waals surface area contributed by atoms with Gasteiger partial charge in [0.05, 0.1) is 11.5 Å². The minimum absolute atomic E-state index is 0.115. The van der Waals surface area contributed by atoms with Crippen molar-refractivity contribution < 1.29 is 13.9 Å². The van der Waals surface area contributed by atoms with Crippen LogP contribution in [-0.2, 0) is 17.9 Å². The lowest BCUT2D eigenvalue weighted by atomic mass is 10.1. The smallest absolute Gasteiger partial charge is 0.261 e. The highest BCUT2D eigenvalue weighted by molar-refractivity contribution is 7.17. The molecule has 5 heteroatoms. The van der Waals surface area contributed by atoms with Crippen molar-refractivity contribution >= 4 is 17.2 Å². The van der Waals surface area contributed by atoms with E-state index in [0.717, 1.165) is 21.6 Å². The number of thiophene rings is 1. The van der Waals surface area contributed by atoms with E-state index >= 15 is 0 Å². The number of carbonyl (C=O) groups excluding carboxylic acids is 1. The number of rotatable bonds is 6. The molecule has 0 unspecified atom stereocenters. The summed E-state index contributed by atoms with van der Waals surface area (Å²) < 4.78 is 18.1. The van der Waals surface area contributed by atoms with Crippen LogP contribution >= 0.6 is 11.3 Å². The quantitative estimate of drug-likeness (QED) is 0.700. The molecule has 0 fully saturated rings. The molecule has 0 aliphatic heterocycles. The topological polar surface area (TPSA) is 38.3 Å². The number of ether oxygens (including phenoxy) is 1. The van der Waals surface area contributed by atoms with E-state index in [1.54, 1.807) is 25.3 Å². The zero-order valence-electron chi connectivity index (χ0n) is 13.8. The Morgan fingerprint density at radius 2 is 1.84 bits per heavy atom. The molecule has 1 heterocycles. The van der Waals surface area contributed by atoms with Crippen LogP contribution < -0.4 is 5.32 Å². The van der Waals surface area contributed by atoms with Crippen LogP contribution in [0.25, 0.3) is 10.4 Å². The first kappa shape index (κ1) is 17.3. The highest BCUT2D eigenvalue weighted by Crippen LogP contribution is 2.28. The average molecular weight is 355 g/mol. The van der Waals surface area contributed by atoms with Crippen molar-refractivity contribution in [2.45, 2.75) is 13.2 Å². The molecular weight excluding hydrogens is 337 g/mol. The van der Waals surface area contributed by atoms with Gasteiger partial charge in [-0.05, 0) is 41.0 Å². The first-order valence-electron chi connectivity index (χ1n) is 7.86. The Balaban J connectivity index is 1.64. The van der Waals surface area contributed by atoms with Crippen LogP contribution in [0.1, 0.15) is 20.8 Å². The van der Waals surface area contributed by atoms with Gasteiger partial charge in [-0.1, -0.05) is 36.4 Å². The van der Waals surface area contributed by atoms with Crippen molar-refractivity contribution in [2.75, 3.05) is 7.11 Å². The van der Waals surface area contributed by atoms with Gasteiger partial charge in [0.2, 0.25) is 0 Å². The summed E-state index contributed by atoms with van der Waals surface area (Å²) in [7, 11) is 1.66. The highest BCUT2D eigenvalue weighted by atomic mass is 32.1. The van der Waals surface area contributed by atoms with E-state index in [-0.39, 0.29) is 11.7 Å². The van der Waals surface area contributed by atoms with Gasteiger partial charge in [0.25, 0.3) is 5.91 Å². The van der Waals surface area contributed by atoms with Gasteiger partial charge in [-0.2, -0.15) is 0 Å². The standard InChI is InChI=1S/C20H18FNO2S/c1-24-13-15-4-2-3-14(11-15)12-22-20(23)19-10-9-18(25-19)16-5-7-17(21)8-6-16/h2-11H,12-13H2,1H3,(H,22,23). The van der Waals surface area contributed by atoms with E-state index in [1.165, 1.54) is 23.5 Å². The molecule has 0 saturated carbocycles. The molecule has 0 spiro atoms. The minimum Gasteiger partial charge on any atom is -0.380 e. The average Bonchev–Trinajstić information content (AvgIpc) is 3.11. The second-order valence-electron chi connectivity index (χ2n) is 5.61. The van der Waals surface area contributed by atoms with Gasteiger partial charge in [0.1, 0.15) is 5.82 Å². The molecule has 3 rings (SSSR count). The predicted octanol–water partition coefficient (Wildman–Crippen LogP) is 4.63. The summed E-state index contributed by atoms with van der Waals surface area (Å²) in [6.07, 6.45) is 0. The van der Waals surface area contributed by atoms with Crippen molar-refractivity contribution in [1.29, 1.82) is 0 Å². The minimum atomic E-state index is -0.269. The number of amides is 1. The van der Waals surface area contributed by atoms with Crippen LogP contribution in [0.5, 0.6) is 0 Å². The Labute approximate surface area is 150 Å². The number of benzene rings is 2. The number of hydrogen-bond donors (Lipinski definition) is 1. The van der Waals surface area contributed by atoms with Gasteiger partial charge in [0, 0.05) is 18.5 Å². The molecule has 0 aliphatic carbocycles. The van der Waals surface area contributed by atoms with Crippen LogP contribution in [0, 0.1) is 5.82 Å². The molecule has 3 nitrogen and oxygen atoms in total. The summed E-state index contributed by atoms with van der Waals surface area (Å²) in [6, 6.07) is 17.9. The fourth-order valence-corrected chi connectivity index (χ4v) is 3.42. The van der Waals surface area contributed by atoms with Crippen LogP contribution in [0.3, 0.4) is 0 Å². The summed E-state index contributed by atoms with van der Waals surface area (Å²) in [5.41, 5.74) is 3.00. The molecule has 1 N–H and O–H groups in total. The summed E-state index contributed by atoms with van der Waals surface area (Å²) in [4.78, 5) is 13.9. The molecule has 3 aromatic rings. The molecule has 0 saturated heterocycles. The Morgan fingerprint density at radius 1 is 1.08 bits per heavy atom. The van der Waals surface area contributed by atoms with Gasteiger partial charge in [-0.15, -0.1) is 11.3 Å². The molecule has 1 aromatic heterocycles. The van der Waals surface area contributed by atoms with E-state index in [0.29, 0.717) is 18.0 Å². The first-order chi connectivity index (χ1) is 12.2. The molecule has 0 radical (unpaired) electrons. The van der Waals surface area contributed by atoms with Crippen LogP contribution in [0.2, 0.25) is 0 Å². The largest absolute Gasteiger partial charge is 0.380 e. The van der Waals surface area contributed by atoms with E-state index in [1.807, 2.05) is 30.3 Å². The maximum Gasteiger partial charge on any atom is 0.261 e. The second-order valence-corrected chi connectivity index (χ2v) is 6.69. The molecule has 0 atom stereocenters. The molecule has 2 aromatic carbocycles. The lowest BCUT2D eigenvalue weighted by molar-refractivity contribution is 0.0955. The Hall–Kier alpha value is -2.50. The van der Waals surface area contributed by atoms with Gasteiger partial charge in [-0.25, -0.2) is 4.39 Å². The van der Waals surface area contributed by atoms with Gasteiger partial charge < -0.3 is 10.1 Å². The fraction of sp³-hybridized carbons (Fsp3) is 0.150. The number of nitrogens with one attached hydrogen (secondary N) is 1.